The van der Waals surface area contributed by atoms with Gasteiger partial charge in [-0.05, 0) is 31.7 Å². The molecule has 1 saturated heterocycles. The Balaban J connectivity index is 1.97. The van der Waals surface area contributed by atoms with Crippen LogP contribution in [0.4, 0.5) is 4.39 Å². The zero-order valence-corrected chi connectivity index (χ0v) is 14.7. The molecule has 1 atom stereocenters. The number of nitrogens with zero attached hydrogens (tertiary/aromatic N) is 2. The molecule has 2 aromatic rings. The van der Waals surface area contributed by atoms with Crippen molar-refractivity contribution in [3.8, 4) is 0 Å². The lowest BCUT2D eigenvalue weighted by molar-refractivity contribution is 0.0605. The number of piperidine rings is 1. The molecule has 1 aromatic heterocycles. The molecule has 1 fully saturated rings. The fourth-order valence-corrected chi connectivity index (χ4v) is 3.45. The Bertz CT molecular complexity index is 919. The molecule has 1 unspecified atom stereocenters. The molecule has 26 heavy (non-hydrogen) atoms. The molecule has 1 aliphatic heterocycles. The quantitative estimate of drug-likeness (QED) is 0.909. The standard InChI is InChI=1S/C19H22FN3O3/c1-2-14-8-5-6-10-22(14)17(24)15-11-21-19(26)23(18(15)25)12-13-7-3-4-9-16(13)20/h3-4,7,9,11,14H,2,5-6,8,10,12H2,1H3,(H,21,26). The Morgan fingerprint density at radius 2 is 2.04 bits per heavy atom. The van der Waals surface area contributed by atoms with E-state index in [1.54, 1.807) is 11.0 Å². The lowest BCUT2D eigenvalue weighted by atomic mass is 9.99. The topological polar surface area (TPSA) is 75.2 Å². The number of amides is 1. The molecule has 3 rings (SSSR count). The number of H-pyrrole nitrogens is 1. The van der Waals surface area contributed by atoms with Crippen LogP contribution in [0.1, 0.15) is 48.5 Å². The number of hydrogen-bond donors (Lipinski definition) is 1. The molecule has 1 aromatic carbocycles. The van der Waals surface area contributed by atoms with Gasteiger partial charge in [0.05, 0.1) is 6.54 Å². The number of nitrogens with one attached hydrogen (secondary N) is 1. The molecule has 0 aliphatic carbocycles. The van der Waals surface area contributed by atoms with Crippen molar-refractivity contribution in [1.82, 2.24) is 14.5 Å². The minimum atomic E-state index is -0.692. The molecule has 0 saturated carbocycles. The van der Waals surface area contributed by atoms with Gasteiger partial charge in [-0.2, -0.15) is 0 Å². The van der Waals surface area contributed by atoms with E-state index in [1.807, 2.05) is 6.92 Å². The highest BCUT2D eigenvalue weighted by Crippen LogP contribution is 2.20. The summed E-state index contributed by atoms with van der Waals surface area (Å²) >= 11 is 0. The van der Waals surface area contributed by atoms with Crippen molar-refractivity contribution in [1.29, 1.82) is 0 Å². The fourth-order valence-electron chi connectivity index (χ4n) is 3.45. The van der Waals surface area contributed by atoms with Crippen LogP contribution >= 0.6 is 0 Å². The first kappa shape index (κ1) is 18.1. The molecule has 138 valence electrons. The highest BCUT2D eigenvalue weighted by atomic mass is 19.1. The summed E-state index contributed by atoms with van der Waals surface area (Å²) in [5.41, 5.74) is -1.22. The number of aromatic amines is 1. The molecular weight excluding hydrogens is 337 g/mol. The van der Waals surface area contributed by atoms with Crippen LogP contribution in [0.5, 0.6) is 0 Å². The zero-order valence-electron chi connectivity index (χ0n) is 14.7. The first-order valence-electron chi connectivity index (χ1n) is 8.89. The molecule has 0 spiro atoms. The van der Waals surface area contributed by atoms with Gasteiger partial charge in [-0.1, -0.05) is 25.1 Å². The van der Waals surface area contributed by atoms with Gasteiger partial charge in [-0.3, -0.25) is 14.2 Å². The second-order valence-electron chi connectivity index (χ2n) is 6.55. The van der Waals surface area contributed by atoms with E-state index in [4.69, 9.17) is 0 Å². The monoisotopic (exact) mass is 359 g/mol. The van der Waals surface area contributed by atoms with Crippen molar-refractivity contribution in [3.05, 3.63) is 68.2 Å². The van der Waals surface area contributed by atoms with E-state index in [-0.39, 0.29) is 29.6 Å². The number of rotatable bonds is 4. The number of benzene rings is 1. The molecular formula is C19H22FN3O3. The van der Waals surface area contributed by atoms with Crippen LogP contribution in [-0.4, -0.2) is 32.9 Å². The van der Waals surface area contributed by atoms with Crippen LogP contribution in [0.2, 0.25) is 0 Å². The molecule has 0 bridgehead atoms. The Hall–Kier alpha value is -2.70. The predicted octanol–water partition coefficient (Wildman–Crippen LogP) is 2.13. The van der Waals surface area contributed by atoms with E-state index in [0.717, 1.165) is 30.3 Å². The largest absolute Gasteiger partial charge is 0.335 e. The maximum absolute atomic E-state index is 13.9. The highest BCUT2D eigenvalue weighted by Gasteiger charge is 2.28. The number of carbonyl (C=O) groups excluding carboxylic acids is 1. The van der Waals surface area contributed by atoms with Crippen molar-refractivity contribution in [2.75, 3.05) is 6.54 Å². The zero-order chi connectivity index (χ0) is 18.7. The van der Waals surface area contributed by atoms with E-state index >= 15 is 0 Å². The third kappa shape index (κ3) is 3.47. The van der Waals surface area contributed by atoms with E-state index in [2.05, 4.69) is 4.98 Å². The first-order chi connectivity index (χ1) is 12.5. The highest BCUT2D eigenvalue weighted by molar-refractivity contribution is 5.93. The van der Waals surface area contributed by atoms with Crippen molar-refractivity contribution in [2.45, 2.75) is 45.2 Å². The van der Waals surface area contributed by atoms with E-state index < -0.39 is 17.1 Å². The minimum Gasteiger partial charge on any atom is -0.335 e. The van der Waals surface area contributed by atoms with Gasteiger partial charge in [-0.15, -0.1) is 0 Å². The molecule has 1 amide bonds. The summed E-state index contributed by atoms with van der Waals surface area (Å²) < 4.78 is 14.8. The van der Waals surface area contributed by atoms with Gasteiger partial charge < -0.3 is 9.88 Å². The van der Waals surface area contributed by atoms with Gasteiger partial charge in [0.25, 0.3) is 11.5 Å². The van der Waals surface area contributed by atoms with Gasteiger partial charge in [0.15, 0.2) is 0 Å². The number of aromatic nitrogens is 2. The summed E-state index contributed by atoms with van der Waals surface area (Å²) in [6, 6.07) is 6.04. The molecule has 1 N–H and O–H groups in total. The first-order valence-corrected chi connectivity index (χ1v) is 8.89. The third-order valence-corrected chi connectivity index (χ3v) is 4.94. The van der Waals surface area contributed by atoms with Crippen LogP contribution < -0.4 is 11.2 Å². The fraction of sp³-hybridized carbons (Fsp3) is 0.421. The average molecular weight is 359 g/mol. The lowest BCUT2D eigenvalue weighted by Gasteiger charge is -2.35. The maximum atomic E-state index is 13.9. The van der Waals surface area contributed by atoms with Gasteiger partial charge in [0.1, 0.15) is 11.4 Å². The van der Waals surface area contributed by atoms with E-state index in [1.165, 1.54) is 24.4 Å². The summed E-state index contributed by atoms with van der Waals surface area (Å²) in [4.78, 5) is 41.9. The van der Waals surface area contributed by atoms with Crippen LogP contribution in [0.25, 0.3) is 0 Å². The number of halogens is 1. The Kier molecular flexibility index (Phi) is 5.35. The summed E-state index contributed by atoms with van der Waals surface area (Å²) in [6.07, 6.45) is 4.86. The van der Waals surface area contributed by atoms with Gasteiger partial charge in [-0.25, -0.2) is 9.18 Å². The molecule has 2 heterocycles. The van der Waals surface area contributed by atoms with Gasteiger partial charge in [0.2, 0.25) is 0 Å². The molecule has 6 nitrogen and oxygen atoms in total. The molecule has 1 aliphatic rings. The smallest absolute Gasteiger partial charge is 0.328 e. The van der Waals surface area contributed by atoms with E-state index in [0.29, 0.717) is 6.54 Å². The molecule has 0 radical (unpaired) electrons. The van der Waals surface area contributed by atoms with Gasteiger partial charge in [0, 0.05) is 24.3 Å². The number of hydrogen-bond acceptors (Lipinski definition) is 3. The third-order valence-electron chi connectivity index (χ3n) is 4.94. The number of likely N-dealkylation sites (tertiary alicyclic amines) is 1. The lowest BCUT2D eigenvalue weighted by Crippen LogP contribution is -2.47. The van der Waals surface area contributed by atoms with E-state index in [9.17, 15) is 18.8 Å². The van der Waals surface area contributed by atoms with Crippen LogP contribution in [0.3, 0.4) is 0 Å². The Morgan fingerprint density at radius 3 is 2.77 bits per heavy atom. The van der Waals surface area contributed by atoms with Gasteiger partial charge >= 0.3 is 5.69 Å². The maximum Gasteiger partial charge on any atom is 0.328 e. The SMILES string of the molecule is CCC1CCCCN1C(=O)c1c[nH]c(=O)n(Cc2ccccc2F)c1=O. The Morgan fingerprint density at radius 1 is 1.27 bits per heavy atom. The second-order valence-corrected chi connectivity index (χ2v) is 6.55. The van der Waals surface area contributed by atoms with Crippen molar-refractivity contribution >= 4 is 5.91 Å². The van der Waals surface area contributed by atoms with Crippen LogP contribution in [0.15, 0.2) is 40.1 Å². The molecule has 7 heteroatoms. The summed E-state index contributed by atoms with van der Waals surface area (Å²) in [7, 11) is 0. The van der Waals surface area contributed by atoms with Crippen molar-refractivity contribution in [2.24, 2.45) is 0 Å². The second kappa shape index (κ2) is 7.68. The normalized spacial score (nSPS) is 17.3. The van der Waals surface area contributed by atoms with Crippen LogP contribution in [-0.2, 0) is 6.54 Å². The van der Waals surface area contributed by atoms with Crippen molar-refractivity contribution in [3.63, 3.8) is 0 Å². The summed E-state index contributed by atoms with van der Waals surface area (Å²) in [5, 5.41) is 0. The summed E-state index contributed by atoms with van der Waals surface area (Å²) in [6.45, 7) is 2.39. The summed E-state index contributed by atoms with van der Waals surface area (Å²) in [5.74, 6) is -0.877. The number of carbonyl (C=O) groups is 1. The average Bonchev–Trinajstić information content (AvgIpc) is 2.66. The predicted molar refractivity (Wildman–Crippen MR) is 95.8 cm³/mol. The Labute approximate surface area is 150 Å². The van der Waals surface area contributed by atoms with Crippen LogP contribution in [0, 0.1) is 5.82 Å². The minimum absolute atomic E-state index is 0.0821. The van der Waals surface area contributed by atoms with Crippen molar-refractivity contribution < 1.29 is 9.18 Å².